The van der Waals surface area contributed by atoms with Crippen LogP contribution < -0.4 is 11.0 Å². The molecule has 0 bridgehead atoms. The number of hydrogen-bond acceptors (Lipinski definition) is 2. The highest BCUT2D eigenvalue weighted by Gasteiger charge is 2.39. The number of carbonyl (C=O) groups excluding carboxylic acids is 2. The lowest BCUT2D eigenvalue weighted by Crippen LogP contribution is -2.38. The van der Waals surface area contributed by atoms with Crippen molar-refractivity contribution in [1.29, 1.82) is 0 Å². The standard InChI is InChI=1S/C9H16BN2O2/c1-5-3-6(8(11)13)7(4-5)9(14)12-10-2/h5-7H,3-4H2,1-2H3,(H2,11,13)(H,12,14)/t5?,6-,7?/m0/s1/i/hD. The molecule has 1 aliphatic carbocycles. The zero-order chi connectivity index (χ0) is 11.4. The molecular weight excluding hydrogens is 179 g/mol. The highest BCUT2D eigenvalue weighted by atomic mass is 16.2. The van der Waals surface area contributed by atoms with E-state index in [9.17, 15) is 9.59 Å². The first kappa shape index (κ1) is 9.56. The summed E-state index contributed by atoms with van der Waals surface area (Å²) in [4.78, 5) is 23.0. The van der Waals surface area contributed by atoms with Gasteiger partial charge in [0.05, 0.1) is 0 Å². The van der Waals surface area contributed by atoms with Gasteiger partial charge in [0.1, 0.15) is 0 Å². The number of nitrogens with one attached hydrogen (secondary N) is 1. The Labute approximate surface area is 86.3 Å². The summed E-state index contributed by atoms with van der Waals surface area (Å²) in [6.45, 7) is 3.75. The summed E-state index contributed by atoms with van der Waals surface area (Å²) in [7, 11) is 1.57. The molecule has 2 amide bonds. The molecule has 0 aliphatic heterocycles. The topological polar surface area (TPSA) is 72.2 Å². The Balaban J connectivity index is 2.68. The predicted molar refractivity (Wildman–Crippen MR) is 54.3 cm³/mol. The van der Waals surface area contributed by atoms with Gasteiger partial charge in [-0.05, 0) is 18.8 Å². The molecule has 77 valence electrons. The lowest BCUT2D eigenvalue weighted by atomic mass is 9.91. The average Bonchev–Trinajstić information content (AvgIpc) is 2.59. The van der Waals surface area contributed by atoms with E-state index in [0.717, 1.165) is 6.42 Å². The summed E-state index contributed by atoms with van der Waals surface area (Å²) in [6, 6.07) is 0. The summed E-state index contributed by atoms with van der Waals surface area (Å²) >= 11 is 0. The van der Waals surface area contributed by atoms with Crippen LogP contribution in [0.5, 0.6) is 0 Å². The first-order chi connectivity index (χ1) is 7.10. The second-order valence-electron chi connectivity index (χ2n) is 3.95. The van der Waals surface area contributed by atoms with Crippen molar-refractivity contribution in [1.82, 2.24) is 5.23 Å². The highest BCUT2D eigenvalue weighted by Crippen LogP contribution is 2.35. The molecule has 1 fully saturated rings. The quantitative estimate of drug-likeness (QED) is 0.619. The van der Waals surface area contributed by atoms with Crippen LogP contribution in [0.3, 0.4) is 0 Å². The van der Waals surface area contributed by atoms with E-state index >= 15 is 0 Å². The van der Waals surface area contributed by atoms with Crippen molar-refractivity contribution < 1.29 is 11.0 Å². The fourth-order valence-corrected chi connectivity index (χ4v) is 2.12. The molecular formula is C9H16BN2O2. The number of hydrogen-bond donors (Lipinski definition) is 2. The summed E-state index contributed by atoms with van der Waals surface area (Å²) in [6.07, 6.45) is 1.41. The van der Waals surface area contributed by atoms with E-state index in [1.165, 1.54) is 0 Å². The smallest absolute Gasteiger partial charge is 0.242 e. The predicted octanol–water partition coefficient (Wildman–Crippen LogP) is -0.0825. The second kappa shape index (κ2) is 4.48. The van der Waals surface area contributed by atoms with Crippen LogP contribution in [-0.4, -0.2) is 19.2 Å². The molecule has 0 spiro atoms. The first-order valence-electron chi connectivity index (χ1n) is 5.40. The maximum atomic E-state index is 11.6. The molecule has 14 heavy (non-hydrogen) atoms. The monoisotopic (exact) mass is 196 g/mol. The molecule has 1 saturated carbocycles. The van der Waals surface area contributed by atoms with Crippen molar-refractivity contribution in [2.24, 2.45) is 23.5 Å². The van der Waals surface area contributed by atoms with Crippen molar-refractivity contribution in [3.05, 3.63) is 0 Å². The maximum absolute atomic E-state index is 11.6. The van der Waals surface area contributed by atoms with E-state index in [1.807, 2.05) is 12.7 Å². The Morgan fingerprint density at radius 2 is 2.14 bits per heavy atom. The van der Waals surface area contributed by atoms with Crippen LogP contribution in [-0.2, 0) is 9.59 Å². The fourth-order valence-electron chi connectivity index (χ4n) is 2.12. The summed E-state index contributed by atoms with van der Waals surface area (Å²) in [5.41, 5.74) is 1.88. The van der Waals surface area contributed by atoms with E-state index in [1.54, 1.807) is 14.2 Å². The molecule has 1 rings (SSSR count). The molecule has 1 aliphatic rings. The van der Waals surface area contributed by atoms with Gasteiger partial charge < -0.3 is 11.0 Å². The van der Waals surface area contributed by atoms with E-state index < -0.39 is 0 Å². The molecule has 2 unspecified atom stereocenters. The zero-order valence-corrected chi connectivity index (χ0v) is 8.54. The van der Waals surface area contributed by atoms with Gasteiger partial charge in [-0.3, -0.25) is 9.59 Å². The van der Waals surface area contributed by atoms with Crippen LogP contribution in [0.25, 0.3) is 0 Å². The molecule has 3 atom stereocenters. The Morgan fingerprint density at radius 3 is 2.71 bits per heavy atom. The van der Waals surface area contributed by atoms with Crippen LogP contribution >= 0.6 is 0 Å². The molecule has 0 aromatic carbocycles. The lowest BCUT2D eigenvalue weighted by molar-refractivity contribution is -0.131. The fraction of sp³-hybridized carbons (Fsp3) is 0.778. The minimum absolute atomic E-state index is 0.115. The minimum atomic E-state index is -0.351. The molecule has 0 aromatic rings. The van der Waals surface area contributed by atoms with Crippen LogP contribution in [0.4, 0.5) is 0 Å². The van der Waals surface area contributed by atoms with Gasteiger partial charge in [0.15, 0.2) is 1.41 Å². The van der Waals surface area contributed by atoms with Crippen LogP contribution in [0.2, 0.25) is 8.23 Å². The Kier molecular flexibility index (Phi) is 3.06. The summed E-state index contributed by atoms with van der Waals surface area (Å²) in [5, 5.41) is 2.61. The van der Waals surface area contributed by atoms with Crippen LogP contribution in [0, 0.1) is 17.8 Å². The first-order valence-corrected chi connectivity index (χ1v) is 4.90. The van der Waals surface area contributed by atoms with Gasteiger partial charge in [-0.2, -0.15) is 0 Å². The van der Waals surface area contributed by atoms with Gasteiger partial charge in [0, 0.05) is 11.8 Å². The lowest BCUT2D eigenvalue weighted by Gasteiger charge is -2.15. The van der Waals surface area contributed by atoms with Crippen molar-refractivity contribution in [3.63, 3.8) is 0 Å². The summed E-state index contributed by atoms with van der Waals surface area (Å²) < 4.78 is 6.83. The number of amides is 2. The molecule has 3 N–H and O–H groups in total. The van der Waals surface area contributed by atoms with Crippen LogP contribution in [0.1, 0.15) is 19.8 Å². The van der Waals surface area contributed by atoms with Crippen molar-refractivity contribution in [3.8, 4) is 0 Å². The van der Waals surface area contributed by atoms with E-state index in [-0.39, 0.29) is 23.7 Å². The van der Waals surface area contributed by atoms with Crippen LogP contribution in [0.15, 0.2) is 0 Å². The van der Waals surface area contributed by atoms with E-state index in [2.05, 4.69) is 5.23 Å². The normalized spacial score (nSPS) is 31.9. The second-order valence-corrected chi connectivity index (χ2v) is 3.95. The van der Waals surface area contributed by atoms with Crippen molar-refractivity contribution >= 4 is 19.2 Å². The SMILES string of the molecule is [2H]NC(=O)[C@H]1CC(C)CC1C(=O)N[B]C. The third kappa shape index (κ3) is 2.27. The van der Waals surface area contributed by atoms with Gasteiger partial charge in [-0.15, -0.1) is 0 Å². The van der Waals surface area contributed by atoms with E-state index in [0.29, 0.717) is 12.3 Å². The third-order valence-corrected chi connectivity index (χ3v) is 2.76. The van der Waals surface area contributed by atoms with Gasteiger partial charge in [0.25, 0.3) is 0 Å². The van der Waals surface area contributed by atoms with Gasteiger partial charge >= 0.3 is 0 Å². The molecule has 4 nitrogen and oxygen atoms in total. The molecule has 0 heterocycles. The van der Waals surface area contributed by atoms with E-state index in [4.69, 9.17) is 1.41 Å². The largest absolute Gasteiger partial charge is 0.403 e. The maximum Gasteiger partial charge on any atom is 0.242 e. The van der Waals surface area contributed by atoms with Gasteiger partial charge in [-0.1, -0.05) is 13.7 Å². The highest BCUT2D eigenvalue weighted by molar-refractivity contribution is 6.35. The van der Waals surface area contributed by atoms with Crippen molar-refractivity contribution in [2.75, 3.05) is 0 Å². The Bertz CT molecular complexity index is 262. The molecule has 0 saturated heterocycles. The molecule has 5 heteroatoms. The van der Waals surface area contributed by atoms with Gasteiger partial charge in [0.2, 0.25) is 19.2 Å². The third-order valence-electron chi connectivity index (χ3n) is 2.76. The molecule has 0 aromatic heterocycles. The Hall–Kier alpha value is -0.995. The summed E-state index contributed by atoms with van der Waals surface area (Å²) in [5.74, 6) is -0.745. The zero-order valence-electron chi connectivity index (χ0n) is 9.54. The number of nitrogens with two attached hydrogens (primary N) is 1. The Morgan fingerprint density at radius 1 is 1.50 bits per heavy atom. The average molecular weight is 196 g/mol. The number of carbonyl (C=O) groups is 2. The van der Waals surface area contributed by atoms with Gasteiger partial charge in [-0.25, -0.2) is 0 Å². The molecule has 1 radical (unpaired) electrons. The van der Waals surface area contributed by atoms with Crippen molar-refractivity contribution in [2.45, 2.75) is 26.6 Å². The number of rotatable bonds is 3. The number of primary amides is 1. The minimum Gasteiger partial charge on any atom is -0.403 e.